The normalized spacial score (nSPS) is 10.5. The first-order valence-electron chi connectivity index (χ1n) is 6.99. The highest BCUT2D eigenvalue weighted by molar-refractivity contribution is 5.93. The lowest BCUT2D eigenvalue weighted by Crippen LogP contribution is -2.21. The maximum Gasteiger partial charge on any atom is 0.387 e. The van der Waals surface area contributed by atoms with Gasteiger partial charge in [0.05, 0.1) is 5.69 Å². The minimum absolute atomic E-state index is 0.0951. The average Bonchev–Trinajstić information content (AvgIpc) is 2.46. The molecule has 4 nitrogen and oxygen atoms in total. The highest BCUT2D eigenvalue weighted by atomic mass is 19.3. The minimum Gasteiger partial charge on any atom is -0.484 e. The molecule has 0 unspecified atom stereocenters. The van der Waals surface area contributed by atoms with Crippen molar-refractivity contribution in [2.75, 3.05) is 11.9 Å². The number of ether oxygens (including phenoxy) is 2. The molecule has 2 aromatic carbocycles. The van der Waals surface area contributed by atoms with Crippen molar-refractivity contribution in [2.45, 2.75) is 20.5 Å². The number of amides is 1. The van der Waals surface area contributed by atoms with Gasteiger partial charge in [0.25, 0.3) is 5.91 Å². The minimum atomic E-state index is -2.96. The van der Waals surface area contributed by atoms with Crippen molar-refractivity contribution in [3.05, 3.63) is 53.6 Å². The molecule has 6 heteroatoms. The summed E-state index contributed by atoms with van der Waals surface area (Å²) < 4.78 is 34.4. The molecule has 0 fully saturated rings. The van der Waals surface area contributed by atoms with Gasteiger partial charge in [-0.15, -0.1) is 0 Å². The lowest BCUT2D eigenvalue weighted by Gasteiger charge is -2.12. The van der Waals surface area contributed by atoms with Gasteiger partial charge in [-0.1, -0.05) is 18.2 Å². The zero-order chi connectivity index (χ0) is 16.8. The van der Waals surface area contributed by atoms with E-state index in [0.29, 0.717) is 5.75 Å². The first-order chi connectivity index (χ1) is 10.9. The Kier molecular flexibility index (Phi) is 5.51. The maximum absolute atomic E-state index is 12.3. The van der Waals surface area contributed by atoms with E-state index in [1.54, 1.807) is 12.1 Å². The molecule has 0 aliphatic rings. The fraction of sp³-hybridized carbons (Fsp3) is 0.235. The monoisotopic (exact) mass is 321 g/mol. The fourth-order valence-electron chi connectivity index (χ4n) is 2.12. The van der Waals surface area contributed by atoms with Crippen LogP contribution < -0.4 is 14.8 Å². The number of rotatable bonds is 6. The van der Waals surface area contributed by atoms with Crippen molar-refractivity contribution in [3.8, 4) is 11.5 Å². The van der Waals surface area contributed by atoms with Crippen LogP contribution in [0.2, 0.25) is 0 Å². The lowest BCUT2D eigenvalue weighted by atomic mass is 10.1. The van der Waals surface area contributed by atoms with Gasteiger partial charge in [-0.3, -0.25) is 4.79 Å². The van der Waals surface area contributed by atoms with Crippen molar-refractivity contribution >= 4 is 11.6 Å². The summed E-state index contributed by atoms with van der Waals surface area (Å²) in [5.41, 5.74) is 2.22. The molecule has 1 amide bonds. The Morgan fingerprint density at radius 1 is 1.13 bits per heavy atom. The van der Waals surface area contributed by atoms with Crippen LogP contribution in [0.3, 0.4) is 0 Å². The highest BCUT2D eigenvalue weighted by Gasteiger charge is 2.12. The van der Waals surface area contributed by atoms with Crippen molar-refractivity contribution < 1.29 is 23.0 Å². The zero-order valence-electron chi connectivity index (χ0n) is 12.8. The number of aryl methyl sites for hydroxylation is 2. The summed E-state index contributed by atoms with van der Waals surface area (Å²) >= 11 is 0. The van der Waals surface area contributed by atoms with Gasteiger partial charge in [0.15, 0.2) is 6.61 Å². The van der Waals surface area contributed by atoms with Gasteiger partial charge < -0.3 is 14.8 Å². The molecule has 0 bridgehead atoms. The van der Waals surface area contributed by atoms with Crippen LogP contribution in [-0.2, 0) is 4.79 Å². The molecule has 2 rings (SSSR count). The van der Waals surface area contributed by atoms with Crippen LogP contribution in [0, 0.1) is 13.8 Å². The first-order valence-corrected chi connectivity index (χ1v) is 6.99. The Bertz CT molecular complexity index is 669. The standard InChI is InChI=1S/C17H17F2NO3/c1-11-7-12(2)9-13(8-11)22-10-16(21)20-14-5-3-4-6-15(14)23-17(18)19/h3-9,17H,10H2,1-2H3,(H,20,21). The summed E-state index contributed by atoms with van der Waals surface area (Å²) in [7, 11) is 0. The van der Waals surface area contributed by atoms with E-state index >= 15 is 0 Å². The Hall–Kier alpha value is -2.63. The molecule has 23 heavy (non-hydrogen) atoms. The number of hydrogen-bond donors (Lipinski definition) is 1. The number of alkyl halides is 2. The number of halogens is 2. The van der Waals surface area contributed by atoms with E-state index in [9.17, 15) is 13.6 Å². The Labute approximate surface area is 133 Å². The van der Waals surface area contributed by atoms with E-state index in [2.05, 4.69) is 10.1 Å². The van der Waals surface area contributed by atoms with Crippen LogP contribution >= 0.6 is 0 Å². The molecule has 2 aromatic rings. The number of nitrogens with one attached hydrogen (secondary N) is 1. The van der Waals surface area contributed by atoms with Gasteiger partial charge in [-0.2, -0.15) is 8.78 Å². The quantitative estimate of drug-likeness (QED) is 0.877. The van der Waals surface area contributed by atoms with E-state index in [0.717, 1.165) is 11.1 Å². The SMILES string of the molecule is Cc1cc(C)cc(OCC(=O)Nc2ccccc2OC(F)F)c1. The molecule has 0 aliphatic heterocycles. The summed E-state index contributed by atoms with van der Waals surface area (Å²) in [6.07, 6.45) is 0. The molecular formula is C17H17F2NO3. The lowest BCUT2D eigenvalue weighted by molar-refractivity contribution is -0.118. The van der Waals surface area contributed by atoms with E-state index in [1.807, 2.05) is 32.0 Å². The van der Waals surface area contributed by atoms with Crippen LogP contribution in [0.25, 0.3) is 0 Å². The van der Waals surface area contributed by atoms with Crippen molar-refractivity contribution in [1.82, 2.24) is 0 Å². The third-order valence-corrected chi connectivity index (χ3v) is 2.94. The van der Waals surface area contributed by atoms with Crippen LogP contribution in [0.1, 0.15) is 11.1 Å². The van der Waals surface area contributed by atoms with Crippen LogP contribution in [0.15, 0.2) is 42.5 Å². The summed E-state index contributed by atoms with van der Waals surface area (Å²) in [4.78, 5) is 11.9. The number of benzene rings is 2. The third kappa shape index (κ3) is 5.25. The summed E-state index contributed by atoms with van der Waals surface area (Å²) in [5, 5.41) is 2.49. The molecule has 0 heterocycles. The molecule has 0 atom stereocenters. The highest BCUT2D eigenvalue weighted by Crippen LogP contribution is 2.25. The average molecular weight is 321 g/mol. The number of anilines is 1. The van der Waals surface area contributed by atoms with Crippen molar-refractivity contribution in [1.29, 1.82) is 0 Å². The molecule has 0 saturated carbocycles. The van der Waals surface area contributed by atoms with Gasteiger partial charge in [0.2, 0.25) is 0 Å². The predicted octanol–water partition coefficient (Wildman–Crippen LogP) is 3.92. The Balaban J connectivity index is 1.97. The second-order valence-electron chi connectivity index (χ2n) is 5.03. The Morgan fingerprint density at radius 2 is 1.78 bits per heavy atom. The number of para-hydroxylation sites is 2. The van der Waals surface area contributed by atoms with Gasteiger partial charge in [-0.05, 0) is 49.2 Å². The van der Waals surface area contributed by atoms with Gasteiger partial charge >= 0.3 is 6.61 Å². The van der Waals surface area contributed by atoms with Gasteiger partial charge in [0.1, 0.15) is 11.5 Å². The molecule has 0 aromatic heterocycles. The second-order valence-corrected chi connectivity index (χ2v) is 5.03. The topological polar surface area (TPSA) is 47.6 Å². The molecular weight excluding hydrogens is 304 g/mol. The fourth-order valence-corrected chi connectivity index (χ4v) is 2.12. The van der Waals surface area contributed by atoms with E-state index in [1.165, 1.54) is 12.1 Å². The number of carbonyl (C=O) groups excluding carboxylic acids is 1. The molecule has 0 radical (unpaired) electrons. The smallest absolute Gasteiger partial charge is 0.387 e. The van der Waals surface area contributed by atoms with Crippen LogP contribution in [-0.4, -0.2) is 19.1 Å². The van der Waals surface area contributed by atoms with Gasteiger partial charge in [0, 0.05) is 0 Å². The van der Waals surface area contributed by atoms with Gasteiger partial charge in [-0.25, -0.2) is 0 Å². The van der Waals surface area contributed by atoms with E-state index in [-0.39, 0.29) is 18.0 Å². The number of carbonyl (C=O) groups is 1. The maximum atomic E-state index is 12.3. The third-order valence-electron chi connectivity index (χ3n) is 2.94. The van der Waals surface area contributed by atoms with Crippen LogP contribution in [0.5, 0.6) is 11.5 Å². The summed E-state index contributed by atoms with van der Waals surface area (Å²) in [5.74, 6) is 0.0199. The first kappa shape index (κ1) is 16.7. The molecule has 0 spiro atoms. The molecule has 0 aliphatic carbocycles. The second kappa shape index (κ2) is 7.58. The predicted molar refractivity (Wildman–Crippen MR) is 83.1 cm³/mol. The van der Waals surface area contributed by atoms with E-state index in [4.69, 9.17) is 4.74 Å². The molecule has 122 valence electrons. The molecule has 0 saturated heterocycles. The Morgan fingerprint density at radius 3 is 2.43 bits per heavy atom. The summed E-state index contributed by atoms with van der Waals surface area (Å²) in [6.45, 7) is 0.668. The summed E-state index contributed by atoms with van der Waals surface area (Å²) in [6, 6.07) is 11.6. The number of hydrogen-bond acceptors (Lipinski definition) is 3. The largest absolute Gasteiger partial charge is 0.484 e. The van der Waals surface area contributed by atoms with Crippen LogP contribution in [0.4, 0.5) is 14.5 Å². The van der Waals surface area contributed by atoms with Crippen molar-refractivity contribution in [3.63, 3.8) is 0 Å². The zero-order valence-corrected chi connectivity index (χ0v) is 12.8. The van der Waals surface area contributed by atoms with Crippen molar-refractivity contribution in [2.24, 2.45) is 0 Å². The van der Waals surface area contributed by atoms with E-state index < -0.39 is 12.5 Å². The molecule has 1 N–H and O–H groups in total.